The number of hydrogen-bond acceptors (Lipinski definition) is 1. The molecule has 1 aliphatic rings. The standard InChI is InChI=1S/C8H16FN/c1-2-8(9)7-3-5-10-6-4-7/h7-8,10H,2-6H2,1H3. The number of hydrogen-bond donors (Lipinski definition) is 1. The van der Waals surface area contributed by atoms with Gasteiger partial charge in [0.05, 0.1) is 0 Å². The monoisotopic (exact) mass is 145 g/mol. The number of nitrogens with one attached hydrogen (secondary N) is 1. The van der Waals surface area contributed by atoms with Crippen molar-refractivity contribution < 1.29 is 4.39 Å². The average molecular weight is 145 g/mol. The smallest absolute Gasteiger partial charge is 0.103 e. The third-order valence-corrected chi connectivity index (χ3v) is 2.29. The number of halogens is 1. The van der Waals surface area contributed by atoms with Crippen LogP contribution in [-0.2, 0) is 0 Å². The molecule has 0 bridgehead atoms. The highest BCUT2D eigenvalue weighted by molar-refractivity contribution is 4.74. The third-order valence-electron chi connectivity index (χ3n) is 2.29. The molecule has 1 nitrogen and oxygen atoms in total. The van der Waals surface area contributed by atoms with E-state index in [-0.39, 0.29) is 0 Å². The van der Waals surface area contributed by atoms with Gasteiger partial charge in [-0.05, 0) is 38.3 Å². The Morgan fingerprint density at radius 1 is 1.50 bits per heavy atom. The molecule has 60 valence electrons. The zero-order valence-electron chi connectivity index (χ0n) is 6.57. The van der Waals surface area contributed by atoms with Crippen molar-refractivity contribution in [3.8, 4) is 0 Å². The lowest BCUT2D eigenvalue weighted by atomic mass is 9.92. The van der Waals surface area contributed by atoms with Crippen molar-refractivity contribution in [3.63, 3.8) is 0 Å². The van der Waals surface area contributed by atoms with Crippen molar-refractivity contribution in [1.82, 2.24) is 5.32 Å². The van der Waals surface area contributed by atoms with Gasteiger partial charge >= 0.3 is 0 Å². The lowest BCUT2D eigenvalue weighted by Crippen LogP contribution is -2.32. The first-order valence-electron chi connectivity index (χ1n) is 4.19. The fourth-order valence-electron chi connectivity index (χ4n) is 1.54. The molecule has 1 rings (SSSR count). The average Bonchev–Trinajstić information content (AvgIpc) is 2.05. The highest BCUT2D eigenvalue weighted by atomic mass is 19.1. The summed E-state index contributed by atoms with van der Waals surface area (Å²) in [5, 5.41) is 3.23. The molecule has 0 aromatic carbocycles. The van der Waals surface area contributed by atoms with Crippen LogP contribution in [0.15, 0.2) is 0 Å². The van der Waals surface area contributed by atoms with Gasteiger partial charge in [-0.3, -0.25) is 0 Å². The van der Waals surface area contributed by atoms with Crippen LogP contribution in [0, 0.1) is 5.92 Å². The Labute approximate surface area is 62.0 Å². The van der Waals surface area contributed by atoms with Crippen molar-refractivity contribution in [2.45, 2.75) is 32.4 Å². The maximum atomic E-state index is 13.0. The normalized spacial score (nSPS) is 24.6. The van der Waals surface area contributed by atoms with Gasteiger partial charge in [0.15, 0.2) is 0 Å². The van der Waals surface area contributed by atoms with Crippen LogP contribution in [0.4, 0.5) is 4.39 Å². The van der Waals surface area contributed by atoms with Gasteiger partial charge < -0.3 is 5.32 Å². The van der Waals surface area contributed by atoms with Gasteiger partial charge in [-0.15, -0.1) is 0 Å². The van der Waals surface area contributed by atoms with E-state index in [1.165, 1.54) is 0 Å². The van der Waals surface area contributed by atoms with Crippen LogP contribution >= 0.6 is 0 Å². The van der Waals surface area contributed by atoms with Gasteiger partial charge in [0, 0.05) is 0 Å². The van der Waals surface area contributed by atoms with Gasteiger partial charge in [0.25, 0.3) is 0 Å². The summed E-state index contributed by atoms with van der Waals surface area (Å²) >= 11 is 0. The molecule has 0 aromatic heterocycles. The van der Waals surface area contributed by atoms with Gasteiger partial charge in [-0.25, -0.2) is 4.39 Å². The fourth-order valence-corrected chi connectivity index (χ4v) is 1.54. The molecule has 0 aliphatic carbocycles. The van der Waals surface area contributed by atoms with E-state index in [0.29, 0.717) is 12.3 Å². The fraction of sp³-hybridized carbons (Fsp3) is 1.00. The molecule has 1 saturated heterocycles. The van der Waals surface area contributed by atoms with Crippen LogP contribution in [-0.4, -0.2) is 19.3 Å². The van der Waals surface area contributed by atoms with Crippen LogP contribution in [0.2, 0.25) is 0 Å². The van der Waals surface area contributed by atoms with Gasteiger partial charge in [0.2, 0.25) is 0 Å². The molecular weight excluding hydrogens is 129 g/mol. The van der Waals surface area contributed by atoms with Crippen molar-refractivity contribution >= 4 is 0 Å². The van der Waals surface area contributed by atoms with Crippen LogP contribution in [0.3, 0.4) is 0 Å². The summed E-state index contributed by atoms with van der Waals surface area (Å²) in [7, 11) is 0. The van der Waals surface area contributed by atoms with E-state index >= 15 is 0 Å². The van der Waals surface area contributed by atoms with Crippen LogP contribution in [0.5, 0.6) is 0 Å². The summed E-state index contributed by atoms with van der Waals surface area (Å²) in [4.78, 5) is 0. The second-order valence-corrected chi connectivity index (χ2v) is 3.01. The topological polar surface area (TPSA) is 12.0 Å². The van der Waals surface area contributed by atoms with Crippen molar-refractivity contribution in [3.05, 3.63) is 0 Å². The summed E-state index contributed by atoms with van der Waals surface area (Å²) in [6.45, 7) is 3.93. The molecule has 1 N–H and O–H groups in total. The summed E-state index contributed by atoms with van der Waals surface area (Å²) in [5.41, 5.74) is 0. The van der Waals surface area contributed by atoms with Crippen LogP contribution < -0.4 is 5.32 Å². The van der Waals surface area contributed by atoms with E-state index in [9.17, 15) is 4.39 Å². The second-order valence-electron chi connectivity index (χ2n) is 3.01. The molecule has 0 saturated carbocycles. The van der Waals surface area contributed by atoms with Crippen LogP contribution in [0.25, 0.3) is 0 Å². The molecular formula is C8H16FN. The van der Waals surface area contributed by atoms with E-state index in [4.69, 9.17) is 0 Å². The quantitative estimate of drug-likeness (QED) is 0.624. The van der Waals surface area contributed by atoms with Crippen molar-refractivity contribution in [2.75, 3.05) is 13.1 Å². The Kier molecular flexibility index (Phi) is 3.13. The molecule has 1 fully saturated rings. The lowest BCUT2D eigenvalue weighted by Gasteiger charge is -2.24. The van der Waals surface area contributed by atoms with Gasteiger partial charge in [0.1, 0.15) is 6.17 Å². The zero-order chi connectivity index (χ0) is 7.40. The molecule has 2 heteroatoms. The Morgan fingerprint density at radius 3 is 2.60 bits per heavy atom. The number of alkyl halides is 1. The van der Waals surface area contributed by atoms with E-state index < -0.39 is 6.17 Å². The minimum Gasteiger partial charge on any atom is -0.317 e. The first kappa shape index (κ1) is 7.99. The molecule has 1 atom stereocenters. The first-order valence-corrected chi connectivity index (χ1v) is 4.19. The maximum absolute atomic E-state index is 13.0. The molecule has 0 spiro atoms. The van der Waals surface area contributed by atoms with Crippen molar-refractivity contribution in [1.29, 1.82) is 0 Å². The lowest BCUT2D eigenvalue weighted by molar-refractivity contribution is 0.183. The molecule has 0 amide bonds. The summed E-state index contributed by atoms with van der Waals surface area (Å²) in [6.07, 6.45) is 2.18. The molecule has 0 radical (unpaired) electrons. The predicted molar refractivity (Wildman–Crippen MR) is 40.8 cm³/mol. The minimum absolute atomic E-state index is 0.339. The Morgan fingerprint density at radius 2 is 2.10 bits per heavy atom. The summed E-state index contributed by atoms with van der Waals surface area (Å²) < 4.78 is 13.0. The maximum Gasteiger partial charge on any atom is 0.103 e. The van der Waals surface area contributed by atoms with E-state index in [1.807, 2.05) is 6.92 Å². The molecule has 1 unspecified atom stereocenters. The zero-order valence-corrected chi connectivity index (χ0v) is 6.57. The minimum atomic E-state index is -0.554. The Hall–Kier alpha value is -0.110. The Bertz CT molecular complexity index is 89.3. The Balaban J connectivity index is 2.24. The first-order chi connectivity index (χ1) is 4.84. The van der Waals surface area contributed by atoms with Gasteiger partial charge in [-0.1, -0.05) is 6.92 Å². The van der Waals surface area contributed by atoms with E-state index in [0.717, 1.165) is 25.9 Å². The summed E-state index contributed by atoms with van der Waals surface area (Å²) in [6, 6.07) is 0. The predicted octanol–water partition coefficient (Wildman–Crippen LogP) is 1.73. The number of piperidine rings is 1. The molecule has 1 heterocycles. The highest BCUT2D eigenvalue weighted by Crippen LogP contribution is 2.20. The van der Waals surface area contributed by atoms with E-state index in [2.05, 4.69) is 5.32 Å². The van der Waals surface area contributed by atoms with Gasteiger partial charge in [-0.2, -0.15) is 0 Å². The van der Waals surface area contributed by atoms with Crippen molar-refractivity contribution in [2.24, 2.45) is 5.92 Å². The second kappa shape index (κ2) is 3.91. The largest absolute Gasteiger partial charge is 0.317 e. The molecule has 10 heavy (non-hydrogen) atoms. The number of rotatable bonds is 2. The molecule has 0 aromatic rings. The highest BCUT2D eigenvalue weighted by Gasteiger charge is 2.20. The molecule has 1 aliphatic heterocycles. The third kappa shape index (κ3) is 1.94. The SMILES string of the molecule is CCC(F)C1CCNCC1. The van der Waals surface area contributed by atoms with E-state index in [1.54, 1.807) is 0 Å². The summed E-state index contributed by atoms with van der Waals surface area (Å²) in [5.74, 6) is 0.339. The van der Waals surface area contributed by atoms with Crippen LogP contribution in [0.1, 0.15) is 26.2 Å².